The molecule has 0 aliphatic carbocycles. The summed E-state index contributed by atoms with van der Waals surface area (Å²) < 4.78 is 10.7. The number of carbonyl (C=O) groups excluding carboxylic acids is 6. The van der Waals surface area contributed by atoms with Crippen molar-refractivity contribution in [1.29, 1.82) is 0 Å². The van der Waals surface area contributed by atoms with E-state index >= 15 is 0 Å². The molecule has 0 saturated carbocycles. The zero-order chi connectivity index (χ0) is 47.7. The summed E-state index contributed by atoms with van der Waals surface area (Å²) in [6.07, 6.45) is 47.0. The number of hydrogen-bond donors (Lipinski definition) is 0. The third kappa shape index (κ3) is 29.9. The predicted molar refractivity (Wildman–Crippen MR) is 268 cm³/mol. The van der Waals surface area contributed by atoms with Crippen molar-refractivity contribution in [2.75, 3.05) is 26.3 Å². The molecule has 0 spiro atoms. The van der Waals surface area contributed by atoms with E-state index in [1.807, 2.05) is 0 Å². The van der Waals surface area contributed by atoms with Crippen LogP contribution in [0, 0.1) is 11.8 Å². The average molecular weight is 929 g/mol. The Bertz CT molecular complexity index is 1190. The molecule has 2 aliphatic rings. The minimum atomic E-state index is -0.350. The molecule has 0 radical (unpaired) electrons. The van der Waals surface area contributed by atoms with Gasteiger partial charge in [0, 0.05) is 37.5 Å². The number of unbranched alkanes of at least 4 members (excludes halogenated alkanes) is 33. The molecule has 66 heavy (non-hydrogen) atoms. The fourth-order valence-corrected chi connectivity index (χ4v) is 9.84. The minimum absolute atomic E-state index is 0.0166. The highest BCUT2D eigenvalue weighted by Crippen LogP contribution is 2.27. The van der Waals surface area contributed by atoms with Gasteiger partial charge in [0.1, 0.15) is 13.2 Å². The highest BCUT2D eigenvalue weighted by molar-refractivity contribution is 6.04. The summed E-state index contributed by atoms with van der Waals surface area (Å²) in [5, 5.41) is 0. The van der Waals surface area contributed by atoms with Crippen molar-refractivity contribution in [2.24, 2.45) is 11.8 Å². The number of likely N-dealkylation sites (tertiary alicyclic amines) is 2. The van der Waals surface area contributed by atoms with Gasteiger partial charge in [0.05, 0.1) is 13.1 Å². The first-order chi connectivity index (χ1) is 32.3. The second-order valence-electron chi connectivity index (χ2n) is 20.1. The number of imide groups is 2. The first kappa shape index (κ1) is 59.3. The van der Waals surface area contributed by atoms with E-state index in [-0.39, 0.29) is 99.4 Å². The van der Waals surface area contributed by atoms with Crippen LogP contribution in [0.2, 0.25) is 0 Å². The number of ether oxygens (including phenoxy) is 2. The fraction of sp³-hybridized carbons (Fsp3) is 0.893. The maximum Gasteiger partial charge on any atom is 0.305 e. The van der Waals surface area contributed by atoms with Crippen LogP contribution in [0.15, 0.2) is 0 Å². The second kappa shape index (κ2) is 41.2. The Kier molecular flexibility index (Phi) is 37.1. The van der Waals surface area contributed by atoms with E-state index in [9.17, 15) is 28.8 Å². The summed E-state index contributed by atoms with van der Waals surface area (Å²) in [5.41, 5.74) is 0. The number of hydrogen-bond acceptors (Lipinski definition) is 8. The summed E-state index contributed by atoms with van der Waals surface area (Å²) in [4.78, 5) is 77.9. The fourth-order valence-electron chi connectivity index (χ4n) is 9.84. The average Bonchev–Trinajstić information content (AvgIpc) is 3.73. The highest BCUT2D eigenvalue weighted by Gasteiger charge is 2.38. The largest absolute Gasteiger partial charge is 0.464 e. The molecule has 2 saturated heterocycles. The zero-order valence-electron chi connectivity index (χ0n) is 42.8. The lowest BCUT2D eigenvalue weighted by molar-refractivity contribution is -0.148. The van der Waals surface area contributed by atoms with Crippen molar-refractivity contribution in [3.05, 3.63) is 0 Å². The maximum absolute atomic E-state index is 12.9. The van der Waals surface area contributed by atoms with Crippen LogP contribution in [0.1, 0.15) is 284 Å². The molecule has 4 amide bonds. The Hall–Kier alpha value is -2.78. The first-order valence-electron chi connectivity index (χ1n) is 28.3. The van der Waals surface area contributed by atoms with E-state index in [2.05, 4.69) is 13.8 Å². The molecule has 2 rings (SSSR count). The normalized spacial score (nSPS) is 16.3. The molecule has 2 unspecified atom stereocenters. The second-order valence-corrected chi connectivity index (χ2v) is 20.1. The topological polar surface area (TPSA) is 127 Å². The molecule has 0 aromatic heterocycles. The van der Waals surface area contributed by atoms with Crippen molar-refractivity contribution in [3.8, 4) is 0 Å². The van der Waals surface area contributed by atoms with Crippen molar-refractivity contribution in [1.82, 2.24) is 9.80 Å². The van der Waals surface area contributed by atoms with Gasteiger partial charge in [0.15, 0.2) is 0 Å². The molecule has 10 nitrogen and oxygen atoms in total. The van der Waals surface area contributed by atoms with E-state index in [0.717, 1.165) is 51.4 Å². The molecule has 382 valence electrons. The van der Waals surface area contributed by atoms with Gasteiger partial charge in [-0.15, -0.1) is 0 Å². The van der Waals surface area contributed by atoms with E-state index in [4.69, 9.17) is 9.47 Å². The van der Waals surface area contributed by atoms with Crippen LogP contribution in [0.5, 0.6) is 0 Å². The van der Waals surface area contributed by atoms with Crippen molar-refractivity contribution in [3.63, 3.8) is 0 Å². The molecular formula is C56H100N2O8. The molecule has 2 heterocycles. The summed E-state index contributed by atoms with van der Waals surface area (Å²) in [6.45, 7) is 4.79. The Morgan fingerprint density at radius 2 is 0.621 bits per heavy atom. The van der Waals surface area contributed by atoms with Gasteiger partial charge in [0.2, 0.25) is 23.6 Å². The first-order valence-corrected chi connectivity index (χ1v) is 28.3. The molecule has 0 aromatic rings. The van der Waals surface area contributed by atoms with Gasteiger partial charge in [-0.1, -0.05) is 232 Å². The third-order valence-corrected chi connectivity index (χ3v) is 14.2. The molecule has 0 bridgehead atoms. The summed E-state index contributed by atoms with van der Waals surface area (Å²) in [5.74, 6) is -1.78. The van der Waals surface area contributed by atoms with E-state index in [1.165, 1.54) is 190 Å². The van der Waals surface area contributed by atoms with Crippen LogP contribution in [-0.4, -0.2) is 71.7 Å². The number of amides is 4. The van der Waals surface area contributed by atoms with Crippen molar-refractivity contribution >= 4 is 35.6 Å². The van der Waals surface area contributed by atoms with Gasteiger partial charge in [-0.2, -0.15) is 0 Å². The highest BCUT2D eigenvalue weighted by atomic mass is 16.5. The number of carbonyl (C=O) groups is 6. The molecule has 0 N–H and O–H groups in total. The van der Waals surface area contributed by atoms with Crippen LogP contribution >= 0.6 is 0 Å². The quantitative estimate of drug-likeness (QED) is 0.0335. The van der Waals surface area contributed by atoms with Crippen LogP contribution in [-0.2, 0) is 38.2 Å². The molecule has 10 heteroatoms. The number of nitrogens with zero attached hydrogens (tertiary/aromatic N) is 2. The zero-order valence-corrected chi connectivity index (χ0v) is 42.8. The number of esters is 2. The van der Waals surface area contributed by atoms with Crippen LogP contribution in [0.25, 0.3) is 0 Å². The molecular weight excluding hydrogens is 829 g/mol. The minimum Gasteiger partial charge on any atom is -0.464 e. The van der Waals surface area contributed by atoms with Gasteiger partial charge >= 0.3 is 11.9 Å². The van der Waals surface area contributed by atoms with Crippen LogP contribution < -0.4 is 0 Å². The standard InChI is InChI=1S/C56H100N2O8/c1-3-5-7-9-11-13-15-17-19-21-23-25-27-29-31-35-39-49-47-51(59)57(55(49)63)43-45-65-53(61)41-37-33-34-38-42-54(62)66-46-44-58-52(60)48-50(56(58)64)40-36-32-30-28-26-24-22-20-18-16-14-12-10-8-6-4-2/h49-50H,3-48H2,1-2H3. The predicted octanol–water partition coefficient (Wildman–Crippen LogP) is 14.5. The Labute approximate surface area is 404 Å². The summed E-state index contributed by atoms with van der Waals surface area (Å²) in [7, 11) is 0. The molecule has 2 atom stereocenters. The smallest absolute Gasteiger partial charge is 0.305 e. The maximum atomic E-state index is 12.9. The van der Waals surface area contributed by atoms with Gasteiger partial charge in [0.25, 0.3) is 0 Å². The SMILES string of the molecule is CCCCCCCCCCCCCCCCCCC1CC(=O)N(CCOC(=O)CCCCCCC(=O)OCCN2C(=O)CC(CCCCCCCCCCCCCCCCCC)C2=O)C1=O. The number of rotatable bonds is 47. The lowest BCUT2D eigenvalue weighted by Gasteiger charge is -2.15. The molecule has 0 aromatic carbocycles. The van der Waals surface area contributed by atoms with E-state index in [1.54, 1.807) is 0 Å². The van der Waals surface area contributed by atoms with Crippen molar-refractivity contribution < 1.29 is 38.2 Å². The van der Waals surface area contributed by atoms with Crippen LogP contribution in [0.3, 0.4) is 0 Å². The van der Waals surface area contributed by atoms with Gasteiger partial charge < -0.3 is 9.47 Å². The molecule has 2 aliphatic heterocycles. The summed E-state index contributed by atoms with van der Waals surface area (Å²) in [6, 6.07) is 0. The Balaban J connectivity index is 1.37. The monoisotopic (exact) mass is 929 g/mol. The Morgan fingerprint density at radius 1 is 0.379 bits per heavy atom. The van der Waals surface area contributed by atoms with Crippen molar-refractivity contribution in [2.45, 2.75) is 284 Å². The summed E-state index contributed by atoms with van der Waals surface area (Å²) >= 11 is 0. The van der Waals surface area contributed by atoms with Gasteiger partial charge in [-0.3, -0.25) is 38.6 Å². The Morgan fingerprint density at radius 3 is 0.894 bits per heavy atom. The third-order valence-electron chi connectivity index (χ3n) is 14.2. The van der Waals surface area contributed by atoms with E-state index < -0.39 is 0 Å². The van der Waals surface area contributed by atoms with Gasteiger partial charge in [-0.05, 0) is 25.7 Å². The molecule has 2 fully saturated rings. The lowest BCUT2D eigenvalue weighted by atomic mass is 9.98. The van der Waals surface area contributed by atoms with E-state index in [0.29, 0.717) is 12.8 Å². The van der Waals surface area contributed by atoms with Gasteiger partial charge in [-0.25, -0.2) is 0 Å². The lowest BCUT2D eigenvalue weighted by Crippen LogP contribution is -2.34. The van der Waals surface area contributed by atoms with Crippen LogP contribution in [0.4, 0.5) is 0 Å².